The lowest BCUT2D eigenvalue weighted by Gasteiger charge is -2.25. The fourth-order valence-electron chi connectivity index (χ4n) is 2.81. The number of rotatable bonds is 3. The molecule has 1 aromatic carbocycles. The predicted octanol–water partition coefficient (Wildman–Crippen LogP) is 3.27. The van der Waals surface area contributed by atoms with Gasteiger partial charge in [0.2, 0.25) is 0 Å². The Morgan fingerprint density at radius 3 is 2.37 bits per heavy atom. The first-order chi connectivity index (χ1) is 9.07. The van der Waals surface area contributed by atoms with Crippen LogP contribution >= 0.6 is 0 Å². The van der Waals surface area contributed by atoms with Gasteiger partial charge in [0.25, 0.3) is 0 Å². The smallest absolute Gasteiger partial charge is 0.194 e. The molecule has 0 atom stereocenters. The zero-order chi connectivity index (χ0) is 13.9. The van der Waals surface area contributed by atoms with Gasteiger partial charge in [0.1, 0.15) is 11.4 Å². The van der Waals surface area contributed by atoms with E-state index in [9.17, 15) is 9.90 Å². The van der Waals surface area contributed by atoms with Crippen LogP contribution in [0.15, 0.2) is 18.2 Å². The molecule has 0 spiro atoms. The highest BCUT2D eigenvalue weighted by Gasteiger charge is 2.37. The molecular weight excluding hydrogens is 240 g/mol. The van der Waals surface area contributed by atoms with Gasteiger partial charge in [-0.2, -0.15) is 0 Å². The minimum absolute atomic E-state index is 0.130. The number of hydrogen-bond acceptors (Lipinski definition) is 3. The summed E-state index contributed by atoms with van der Waals surface area (Å²) < 4.78 is 5.15. The maximum atomic E-state index is 12.6. The second-order valence-corrected chi connectivity index (χ2v) is 5.46. The van der Waals surface area contributed by atoms with E-state index in [1.807, 2.05) is 13.0 Å². The molecule has 104 valence electrons. The third kappa shape index (κ3) is 2.98. The van der Waals surface area contributed by atoms with Gasteiger partial charge in [0.15, 0.2) is 5.78 Å². The number of Topliss-reactive ketones (excluding diaryl/α,β-unsaturated/α-hetero) is 1. The van der Waals surface area contributed by atoms with Crippen LogP contribution in [0.3, 0.4) is 0 Å². The van der Waals surface area contributed by atoms with Crippen LogP contribution in [0.25, 0.3) is 0 Å². The minimum Gasteiger partial charge on any atom is -0.497 e. The predicted molar refractivity (Wildman–Crippen MR) is 74.7 cm³/mol. The van der Waals surface area contributed by atoms with Crippen molar-refractivity contribution in [2.75, 3.05) is 7.11 Å². The van der Waals surface area contributed by atoms with E-state index in [0.29, 0.717) is 18.4 Å². The van der Waals surface area contributed by atoms with Crippen molar-refractivity contribution in [3.8, 4) is 5.75 Å². The van der Waals surface area contributed by atoms with Crippen LogP contribution in [-0.4, -0.2) is 23.6 Å². The topological polar surface area (TPSA) is 46.5 Å². The van der Waals surface area contributed by atoms with E-state index in [1.54, 1.807) is 19.2 Å². The first-order valence-corrected chi connectivity index (χ1v) is 6.99. The summed E-state index contributed by atoms with van der Waals surface area (Å²) in [6.07, 6.45) is 5.23. The number of methoxy groups -OCH3 is 1. The lowest BCUT2D eigenvalue weighted by atomic mass is 9.84. The van der Waals surface area contributed by atoms with Crippen LogP contribution in [0.5, 0.6) is 5.75 Å². The van der Waals surface area contributed by atoms with E-state index in [-0.39, 0.29) is 5.78 Å². The molecular formula is C16H22O3. The molecule has 0 aromatic heterocycles. The van der Waals surface area contributed by atoms with Gasteiger partial charge in [-0.1, -0.05) is 25.7 Å². The van der Waals surface area contributed by atoms with Crippen molar-refractivity contribution in [2.45, 2.75) is 51.0 Å². The molecule has 3 nitrogen and oxygen atoms in total. The summed E-state index contributed by atoms with van der Waals surface area (Å²) in [6.45, 7) is 1.88. The minimum atomic E-state index is -1.17. The molecule has 0 aliphatic heterocycles. The molecule has 2 rings (SSSR count). The highest BCUT2D eigenvalue weighted by Crippen LogP contribution is 2.31. The molecule has 0 bridgehead atoms. The Kier molecular flexibility index (Phi) is 4.25. The number of aliphatic hydroxyl groups is 1. The number of carbonyl (C=O) groups excluding carboxylic acids is 1. The Morgan fingerprint density at radius 1 is 1.21 bits per heavy atom. The van der Waals surface area contributed by atoms with Crippen LogP contribution in [0.2, 0.25) is 0 Å². The molecule has 0 amide bonds. The SMILES string of the molecule is COc1ccc(C(=O)C2(O)CCCCCC2)c(C)c1. The molecule has 1 aliphatic carbocycles. The molecule has 1 aromatic rings. The molecule has 3 heteroatoms. The fourth-order valence-corrected chi connectivity index (χ4v) is 2.81. The molecule has 1 fully saturated rings. The average Bonchev–Trinajstić information content (AvgIpc) is 2.63. The number of ether oxygens (including phenoxy) is 1. The van der Waals surface area contributed by atoms with Gasteiger partial charge in [-0.05, 0) is 43.5 Å². The molecule has 19 heavy (non-hydrogen) atoms. The van der Waals surface area contributed by atoms with Gasteiger partial charge >= 0.3 is 0 Å². The molecule has 1 aliphatic rings. The second kappa shape index (κ2) is 5.74. The first kappa shape index (κ1) is 14.1. The molecule has 0 unspecified atom stereocenters. The quantitative estimate of drug-likeness (QED) is 0.671. The zero-order valence-corrected chi connectivity index (χ0v) is 11.7. The van der Waals surface area contributed by atoms with Gasteiger partial charge in [-0.15, -0.1) is 0 Å². The Hall–Kier alpha value is -1.35. The van der Waals surface area contributed by atoms with E-state index in [4.69, 9.17) is 4.74 Å². The van der Waals surface area contributed by atoms with Gasteiger partial charge in [0, 0.05) is 5.56 Å². The van der Waals surface area contributed by atoms with Crippen molar-refractivity contribution in [3.05, 3.63) is 29.3 Å². The third-order valence-electron chi connectivity index (χ3n) is 4.03. The third-order valence-corrected chi connectivity index (χ3v) is 4.03. The van der Waals surface area contributed by atoms with Crippen molar-refractivity contribution in [1.29, 1.82) is 0 Å². The Labute approximate surface area is 114 Å². The first-order valence-electron chi connectivity index (χ1n) is 6.99. The molecule has 0 heterocycles. The van der Waals surface area contributed by atoms with Crippen molar-refractivity contribution in [2.24, 2.45) is 0 Å². The van der Waals surface area contributed by atoms with Crippen LogP contribution < -0.4 is 4.74 Å². The highest BCUT2D eigenvalue weighted by molar-refractivity contribution is 6.03. The average molecular weight is 262 g/mol. The second-order valence-electron chi connectivity index (χ2n) is 5.46. The summed E-state index contributed by atoms with van der Waals surface area (Å²) in [5, 5.41) is 10.6. The van der Waals surface area contributed by atoms with E-state index in [0.717, 1.165) is 37.0 Å². The van der Waals surface area contributed by atoms with E-state index in [1.165, 1.54) is 0 Å². The van der Waals surface area contributed by atoms with Crippen molar-refractivity contribution < 1.29 is 14.6 Å². The standard InChI is InChI=1S/C16H22O3/c1-12-11-13(19-2)7-8-14(12)15(17)16(18)9-5-3-4-6-10-16/h7-8,11,18H,3-6,9-10H2,1-2H3. The van der Waals surface area contributed by atoms with Crippen LogP contribution in [0.4, 0.5) is 0 Å². The Bertz CT molecular complexity index is 457. The van der Waals surface area contributed by atoms with Crippen LogP contribution in [-0.2, 0) is 0 Å². The van der Waals surface area contributed by atoms with Gasteiger partial charge in [-0.3, -0.25) is 4.79 Å². The van der Waals surface area contributed by atoms with Crippen LogP contribution in [0, 0.1) is 6.92 Å². The van der Waals surface area contributed by atoms with E-state index < -0.39 is 5.60 Å². The summed E-state index contributed by atoms with van der Waals surface area (Å²) in [6, 6.07) is 5.38. The summed E-state index contributed by atoms with van der Waals surface area (Å²) in [5.41, 5.74) is 0.308. The maximum absolute atomic E-state index is 12.6. The summed E-state index contributed by atoms with van der Waals surface area (Å²) in [5.74, 6) is 0.608. The number of hydrogen-bond donors (Lipinski definition) is 1. The monoisotopic (exact) mass is 262 g/mol. The lowest BCUT2D eigenvalue weighted by Crippen LogP contribution is -2.38. The zero-order valence-electron chi connectivity index (χ0n) is 11.7. The van der Waals surface area contributed by atoms with Gasteiger partial charge < -0.3 is 9.84 Å². The maximum Gasteiger partial charge on any atom is 0.194 e. The Morgan fingerprint density at radius 2 is 1.84 bits per heavy atom. The number of aryl methyl sites for hydroxylation is 1. The van der Waals surface area contributed by atoms with Gasteiger partial charge in [0.05, 0.1) is 7.11 Å². The summed E-state index contributed by atoms with van der Waals surface area (Å²) in [4.78, 5) is 12.6. The molecule has 1 N–H and O–H groups in total. The van der Waals surface area contributed by atoms with Crippen LogP contribution in [0.1, 0.15) is 54.4 Å². The van der Waals surface area contributed by atoms with E-state index in [2.05, 4.69) is 0 Å². The number of carbonyl (C=O) groups is 1. The van der Waals surface area contributed by atoms with Gasteiger partial charge in [-0.25, -0.2) is 0 Å². The lowest BCUT2D eigenvalue weighted by molar-refractivity contribution is 0.0237. The summed E-state index contributed by atoms with van der Waals surface area (Å²) in [7, 11) is 1.61. The number of benzene rings is 1. The Balaban J connectivity index is 2.27. The van der Waals surface area contributed by atoms with Crippen molar-refractivity contribution in [1.82, 2.24) is 0 Å². The number of ketones is 1. The van der Waals surface area contributed by atoms with E-state index >= 15 is 0 Å². The summed E-state index contributed by atoms with van der Waals surface area (Å²) >= 11 is 0. The normalized spacial score (nSPS) is 18.7. The molecule has 0 saturated heterocycles. The van der Waals surface area contributed by atoms with Crippen molar-refractivity contribution in [3.63, 3.8) is 0 Å². The molecule has 0 radical (unpaired) electrons. The fraction of sp³-hybridized carbons (Fsp3) is 0.562. The largest absolute Gasteiger partial charge is 0.497 e. The highest BCUT2D eigenvalue weighted by atomic mass is 16.5. The van der Waals surface area contributed by atoms with Crippen molar-refractivity contribution >= 4 is 5.78 Å². The molecule has 1 saturated carbocycles.